The zero-order valence-corrected chi connectivity index (χ0v) is 17.4. The highest BCUT2D eigenvalue weighted by Gasteiger charge is 2.28. The SMILES string of the molecule is COc1ccccc1C=C1Oc2cc(OCC(=O)NC(C(=O)O)C(C)C)ccc2C1=O. The van der Waals surface area contributed by atoms with Crippen molar-refractivity contribution < 1.29 is 33.7 Å². The van der Waals surface area contributed by atoms with Gasteiger partial charge in [-0.3, -0.25) is 9.59 Å². The number of carbonyl (C=O) groups excluding carboxylic acids is 2. The number of benzene rings is 2. The number of hydrogen-bond donors (Lipinski definition) is 2. The van der Waals surface area contributed by atoms with E-state index in [1.54, 1.807) is 51.3 Å². The van der Waals surface area contributed by atoms with Gasteiger partial charge in [0.2, 0.25) is 5.78 Å². The normalized spacial score (nSPS) is 14.7. The summed E-state index contributed by atoms with van der Waals surface area (Å²) < 4.78 is 16.4. The number of carbonyl (C=O) groups is 3. The topological polar surface area (TPSA) is 111 Å². The second kappa shape index (κ2) is 9.34. The molecule has 1 heterocycles. The van der Waals surface area contributed by atoms with Gasteiger partial charge in [-0.2, -0.15) is 0 Å². The van der Waals surface area contributed by atoms with Crippen LogP contribution in [-0.2, 0) is 9.59 Å². The number of methoxy groups -OCH3 is 1. The fraction of sp³-hybridized carbons (Fsp3) is 0.261. The molecule has 162 valence electrons. The molecule has 1 amide bonds. The van der Waals surface area contributed by atoms with E-state index in [1.807, 2.05) is 12.1 Å². The summed E-state index contributed by atoms with van der Waals surface area (Å²) in [6.07, 6.45) is 1.60. The van der Waals surface area contributed by atoms with Gasteiger partial charge in [0, 0.05) is 11.6 Å². The van der Waals surface area contributed by atoms with Gasteiger partial charge in [0.15, 0.2) is 12.4 Å². The minimum atomic E-state index is -1.11. The zero-order valence-electron chi connectivity index (χ0n) is 17.4. The highest BCUT2D eigenvalue weighted by molar-refractivity contribution is 6.14. The molecule has 0 radical (unpaired) electrons. The van der Waals surface area contributed by atoms with Crippen LogP contribution >= 0.6 is 0 Å². The van der Waals surface area contributed by atoms with Crippen molar-refractivity contribution in [2.45, 2.75) is 19.9 Å². The Kier molecular flexibility index (Phi) is 6.59. The Morgan fingerprint density at radius 2 is 1.94 bits per heavy atom. The number of carboxylic acid groups (broad SMARTS) is 1. The standard InChI is InChI=1S/C23H23NO7/c1-13(2)21(23(27)28)24-20(25)12-30-15-8-9-16-18(11-15)31-19(22(16)26)10-14-6-4-5-7-17(14)29-3/h4-11,13,21H,12H2,1-3H3,(H,24,25)(H,27,28). The monoisotopic (exact) mass is 425 g/mol. The van der Waals surface area contributed by atoms with Crippen LogP contribution in [0.15, 0.2) is 48.2 Å². The molecule has 0 saturated carbocycles. The number of allylic oxidation sites excluding steroid dienone is 1. The number of ketones is 1. The van der Waals surface area contributed by atoms with Crippen molar-refractivity contribution in [3.63, 3.8) is 0 Å². The number of nitrogens with one attached hydrogen (secondary N) is 1. The van der Waals surface area contributed by atoms with Crippen LogP contribution < -0.4 is 19.5 Å². The minimum absolute atomic E-state index is 0.149. The lowest BCUT2D eigenvalue weighted by Crippen LogP contribution is -2.46. The third-order valence-corrected chi connectivity index (χ3v) is 4.69. The molecular weight excluding hydrogens is 402 g/mol. The molecule has 2 N–H and O–H groups in total. The molecule has 3 rings (SSSR count). The van der Waals surface area contributed by atoms with Crippen LogP contribution in [0, 0.1) is 5.92 Å². The van der Waals surface area contributed by atoms with E-state index in [2.05, 4.69) is 5.32 Å². The Morgan fingerprint density at radius 1 is 1.19 bits per heavy atom. The van der Waals surface area contributed by atoms with Gasteiger partial charge in [-0.05, 0) is 30.2 Å². The summed E-state index contributed by atoms with van der Waals surface area (Å²) in [5, 5.41) is 11.6. The number of hydrogen-bond acceptors (Lipinski definition) is 6. The van der Waals surface area contributed by atoms with Crippen molar-refractivity contribution in [3.8, 4) is 17.2 Å². The van der Waals surface area contributed by atoms with E-state index in [-0.39, 0.29) is 24.1 Å². The lowest BCUT2D eigenvalue weighted by atomic mass is 10.1. The highest BCUT2D eigenvalue weighted by Crippen LogP contribution is 2.35. The number of aliphatic carboxylic acids is 1. The van der Waals surface area contributed by atoms with E-state index in [4.69, 9.17) is 19.3 Å². The fourth-order valence-corrected chi connectivity index (χ4v) is 3.06. The van der Waals surface area contributed by atoms with Gasteiger partial charge < -0.3 is 24.6 Å². The molecule has 0 saturated heterocycles. The Bertz CT molecular complexity index is 1040. The summed E-state index contributed by atoms with van der Waals surface area (Å²) in [6.45, 7) is 3.03. The molecule has 8 heteroatoms. The number of rotatable bonds is 8. The van der Waals surface area contributed by atoms with Gasteiger partial charge >= 0.3 is 5.97 Å². The molecule has 2 aromatic carbocycles. The number of carboxylic acids is 1. The average molecular weight is 425 g/mol. The molecule has 1 aliphatic rings. The van der Waals surface area contributed by atoms with Crippen LogP contribution in [0.25, 0.3) is 6.08 Å². The predicted octanol–water partition coefficient (Wildman–Crippen LogP) is 2.92. The van der Waals surface area contributed by atoms with Crippen LogP contribution in [-0.4, -0.2) is 42.5 Å². The van der Waals surface area contributed by atoms with E-state index in [0.717, 1.165) is 0 Å². The van der Waals surface area contributed by atoms with Crippen LogP contribution in [0.4, 0.5) is 0 Å². The first-order valence-electron chi connectivity index (χ1n) is 9.66. The summed E-state index contributed by atoms with van der Waals surface area (Å²) in [6, 6.07) is 10.9. The average Bonchev–Trinajstić information content (AvgIpc) is 3.05. The second-order valence-electron chi connectivity index (χ2n) is 7.26. The van der Waals surface area contributed by atoms with Gasteiger partial charge in [0.05, 0.1) is 12.7 Å². The molecule has 8 nitrogen and oxygen atoms in total. The van der Waals surface area contributed by atoms with Gasteiger partial charge in [-0.15, -0.1) is 0 Å². The Labute approximate surface area is 179 Å². The van der Waals surface area contributed by atoms with Crippen LogP contribution in [0.2, 0.25) is 0 Å². The molecule has 0 aliphatic carbocycles. The largest absolute Gasteiger partial charge is 0.496 e. The lowest BCUT2D eigenvalue weighted by Gasteiger charge is -2.18. The van der Waals surface area contributed by atoms with Crippen molar-refractivity contribution in [1.29, 1.82) is 0 Å². The number of Topliss-reactive ketones (excluding diaryl/α,β-unsaturated/α-hetero) is 1. The summed E-state index contributed by atoms with van der Waals surface area (Å²) in [5.74, 6) is -0.821. The molecule has 1 atom stereocenters. The van der Waals surface area contributed by atoms with E-state index < -0.39 is 17.9 Å². The third-order valence-electron chi connectivity index (χ3n) is 4.69. The van der Waals surface area contributed by atoms with Crippen molar-refractivity contribution in [2.24, 2.45) is 5.92 Å². The van der Waals surface area contributed by atoms with Gasteiger partial charge in [0.1, 0.15) is 23.3 Å². The minimum Gasteiger partial charge on any atom is -0.496 e. The zero-order chi connectivity index (χ0) is 22.5. The number of para-hydroxylation sites is 1. The highest BCUT2D eigenvalue weighted by atomic mass is 16.5. The first kappa shape index (κ1) is 21.9. The van der Waals surface area contributed by atoms with Gasteiger partial charge in [0.25, 0.3) is 5.91 Å². The Morgan fingerprint density at radius 3 is 2.61 bits per heavy atom. The number of ether oxygens (including phenoxy) is 3. The fourth-order valence-electron chi connectivity index (χ4n) is 3.06. The second-order valence-corrected chi connectivity index (χ2v) is 7.26. The molecule has 2 aromatic rings. The first-order chi connectivity index (χ1) is 14.8. The Hall–Kier alpha value is -3.81. The summed E-state index contributed by atoms with van der Waals surface area (Å²) >= 11 is 0. The van der Waals surface area contributed by atoms with Crippen molar-refractivity contribution >= 4 is 23.7 Å². The van der Waals surface area contributed by atoms with E-state index in [9.17, 15) is 14.4 Å². The van der Waals surface area contributed by atoms with Crippen LogP contribution in [0.1, 0.15) is 29.8 Å². The van der Waals surface area contributed by atoms with E-state index in [1.165, 1.54) is 6.07 Å². The van der Waals surface area contributed by atoms with Crippen molar-refractivity contribution in [1.82, 2.24) is 5.32 Å². The predicted molar refractivity (Wildman–Crippen MR) is 112 cm³/mol. The molecule has 0 fully saturated rings. The quantitative estimate of drug-likeness (QED) is 0.626. The smallest absolute Gasteiger partial charge is 0.326 e. The first-order valence-corrected chi connectivity index (χ1v) is 9.66. The summed E-state index contributed by atoms with van der Waals surface area (Å²) in [4.78, 5) is 35.9. The Balaban J connectivity index is 1.68. The maximum absolute atomic E-state index is 12.6. The van der Waals surface area contributed by atoms with Gasteiger partial charge in [-0.1, -0.05) is 32.0 Å². The van der Waals surface area contributed by atoms with E-state index in [0.29, 0.717) is 28.4 Å². The van der Waals surface area contributed by atoms with Crippen LogP contribution in [0.3, 0.4) is 0 Å². The molecule has 0 bridgehead atoms. The van der Waals surface area contributed by atoms with Gasteiger partial charge in [-0.25, -0.2) is 4.79 Å². The maximum Gasteiger partial charge on any atom is 0.326 e. The molecular formula is C23H23NO7. The summed E-state index contributed by atoms with van der Waals surface area (Å²) in [5.41, 5.74) is 1.08. The molecule has 0 spiro atoms. The number of amides is 1. The molecule has 1 unspecified atom stereocenters. The molecule has 0 aromatic heterocycles. The maximum atomic E-state index is 12.6. The van der Waals surface area contributed by atoms with Crippen molar-refractivity contribution in [3.05, 3.63) is 59.4 Å². The molecule has 1 aliphatic heterocycles. The third kappa shape index (κ3) is 5.03. The summed E-state index contributed by atoms with van der Waals surface area (Å²) in [7, 11) is 1.54. The number of fused-ring (bicyclic) bond motifs is 1. The van der Waals surface area contributed by atoms with E-state index >= 15 is 0 Å². The van der Waals surface area contributed by atoms with Crippen LogP contribution in [0.5, 0.6) is 17.2 Å². The molecule has 31 heavy (non-hydrogen) atoms. The van der Waals surface area contributed by atoms with Crippen molar-refractivity contribution in [2.75, 3.05) is 13.7 Å². The lowest BCUT2D eigenvalue weighted by molar-refractivity contribution is -0.143.